The van der Waals surface area contributed by atoms with E-state index in [1.54, 1.807) is 12.1 Å². The molecule has 0 aliphatic carbocycles. The van der Waals surface area contributed by atoms with Gasteiger partial charge in [-0.1, -0.05) is 42.6 Å². The Bertz CT molecular complexity index is 1860. The zero-order valence-electron chi connectivity index (χ0n) is 29.8. The van der Waals surface area contributed by atoms with Crippen molar-refractivity contribution in [3.63, 3.8) is 0 Å². The minimum Gasteiger partial charge on any atom is -0.506 e. The number of fused-ring (bicyclic) bond motifs is 4. The van der Waals surface area contributed by atoms with Crippen LogP contribution in [0.3, 0.4) is 0 Å². The third-order valence-electron chi connectivity index (χ3n) is 11.7. The Hall–Kier alpha value is -3.89. The number of halogens is 1. The van der Waals surface area contributed by atoms with Crippen LogP contribution in [0.15, 0.2) is 77.6 Å². The molecule has 1 amide bonds. The standard InChI is InChI=1S/C42H51ClN4O5/c43-32-9-5-28(6-10-32)31-19-23-47(37(25-31)36-27-46-21-17-29(36)18-22-46)42(51)30-7-11-33(12-8-30)52-24-4-2-1-3-20-44-26-39(49)34-13-15-38(48)41-35(34)14-16-40(50)45-41/h5-16,29,31,36-37,39,44,48-49H,1-4,17-27H2,(H,45,50). The lowest BCUT2D eigenvalue weighted by Gasteiger charge is -2.52. The molecule has 4 N–H and O–H groups in total. The van der Waals surface area contributed by atoms with Gasteiger partial charge in [-0.3, -0.25) is 9.59 Å². The second-order valence-electron chi connectivity index (χ2n) is 14.9. The zero-order chi connectivity index (χ0) is 36.0. The van der Waals surface area contributed by atoms with Crippen molar-refractivity contribution in [3.8, 4) is 11.5 Å². The van der Waals surface area contributed by atoms with Gasteiger partial charge in [-0.15, -0.1) is 0 Å². The van der Waals surface area contributed by atoms with Crippen molar-refractivity contribution in [2.45, 2.75) is 69.4 Å². The smallest absolute Gasteiger partial charge is 0.254 e. The highest BCUT2D eigenvalue weighted by atomic mass is 35.5. The van der Waals surface area contributed by atoms with E-state index >= 15 is 0 Å². The molecule has 52 heavy (non-hydrogen) atoms. The number of phenolic OH excluding ortho intramolecular Hbond substituents is 1. The normalized spacial score (nSPS) is 23.5. The largest absolute Gasteiger partial charge is 0.506 e. The van der Waals surface area contributed by atoms with Gasteiger partial charge in [0, 0.05) is 47.7 Å². The number of aromatic hydroxyl groups is 1. The summed E-state index contributed by atoms with van der Waals surface area (Å²) >= 11 is 6.20. The molecule has 8 rings (SSSR count). The second-order valence-corrected chi connectivity index (χ2v) is 15.4. The van der Waals surface area contributed by atoms with Crippen molar-refractivity contribution >= 4 is 28.4 Å². The molecule has 4 saturated heterocycles. The lowest BCUT2D eigenvalue weighted by molar-refractivity contribution is -0.0155. The van der Waals surface area contributed by atoms with Gasteiger partial charge in [0.15, 0.2) is 0 Å². The maximum absolute atomic E-state index is 14.1. The van der Waals surface area contributed by atoms with Crippen LogP contribution >= 0.6 is 11.6 Å². The molecule has 0 saturated carbocycles. The topological polar surface area (TPSA) is 118 Å². The SMILES string of the molecule is O=C(c1ccc(OCCCCCCNCC(O)c2ccc(O)c3[nH]c(=O)ccc23)cc1)N1CCC(c2ccc(Cl)cc2)CC1C1CN2CCC1CC2. The van der Waals surface area contributed by atoms with Crippen molar-refractivity contribution in [1.82, 2.24) is 20.1 Å². The number of aliphatic hydroxyl groups excluding tert-OH is 1. The summed E-state index contributed by atoms with van der Waals surface area (Å²) in [5.74, 6) is 2.56. The van der Waals surface area contributed by atoms with Crippen LogP contribution in [-0.2, 0) is 0 Å². The van der Waals surface area contributed by atoms with Gasteiger partial charge in [0.1, 0.15) is 11.5 Å². The molecule has 2 bridgehead atoms. The van der Waals surface area contributed by atoms with Gasteiger partial charge in [0.2, 0.25) is 5.56 Å². The number of H-pyrrole nitrogens is 1. The van der Waals surface area contributed by atoms with E-state index in [0.717, 1.165) is 74.5 Å². The van der Waals surface area contributed by atoms with Gasteiger partial charge < -0.3 is 35.1 Å². The summed E-state index contributed by atoms with van der Waals surface area (Å²) in [4.78, 5) is 33.2. The highest BCUT2D eigenvalue weighted by Crippen LogP contribution is 2.43. The van der Waals surface area contributed by atoms with Gasteiger partial charge in [-0.2, -0.15) is 0 Å². The van der Waals surface area contributed by atoms with Gasteiger partial charge in [0.05, 0.1) is 18.2 Å². The zero-order valence-corrected chi connectivity index (χ0v) is 30.6. The van der Waals surface area contributed by atoms with Crippen molar-refractivity contribution in [2.24, 2.45) is 11.8 Å². The lowest BCUT2D eigenvalue weighted by atomic mass is 9.70. The number of benzene rings is 3. The number of hydrogen-bond donors (Lipinski definition) is 4. The summed E-state index contributed by atoms with van der Waals surface area (Å²) in [5.41, 5.74) is 2.76. The average Bonchev–Trinajstić information content (AvgIpc) is 3.18. The number of nitrogens with one attached hydrogen (secondary N) is 2. The van der Waals surface area contributed by atoms with Crippen LogP contribution in [0.25, 0.3) is 10.9 Å². The molecule has 4 unspecified atom stereocenters. The Morgan fingerprint density at radius 3 is 2.44 bits per heavy atom. The van der Waals surface area contributed by atoms with E-state index in [0.29, 0.717) is 47.4 Å². The number of carbonyl (C=O) groups is 1. The number of unbranched alkanes of at least 4 members (excludes halogenated alkanes) is 3. The van der Waals surface area contributed by atoms with Gasteiger partial charge in [-0.25, -0.2) is 0 Å². The van der Waals surface area contributed by atoms with Crippen LogP contribution in [-0.4, -0.2) is 82.8 Å². The van der Waals surface area contributed by atoms with Crippen LogP contribution in [0.4, 0.5) is 0 Å². The molecule has 9 nitrogen and oxygen atoms in total. The molecule has 4 aromatic rings. The van der Waals surface area contributed by atoms with E-state index in [1.807, 2.05) is 36.4 Å². The highest BCUT2D eigenvalue weighted by Gasteiger charge is 2.44. The quantitative estimate of drug-likeness (QED) is 0.105. The first kappa shape index (κ1) is 36.5. The summed E-state index contributed by atoms with van der Waals surface area (Å²) in [6.07, 6.45) is 7.68. The molecule has 0 spiro atoms. The van der Waals surface area contributed by atoms with Gasteiger partial charge in [0.25, 0.3) is 5.91 Å². The number of aliphatic hydroxyl groups is 1. The number of aromatic nitrogens is 1. The maximum Gasteiger partial charge on any atom is 0.254 e. The number of amides is 1. The van der Waals surface area contributed by atoms with Crippen LogP contribution in [0.1, 0.15) is 84.9 Å². The number of carbonyl (C=O) groups excluding carboxylic acids is 1. The van der Waals surface area contributed by atoms with Gasteiger partial charge >= 0.3 is 0 Å². The molecule has 3 aromatic carbocycles. The fourth-order valence-corrected chi connectivity index (χ4v) is 8.92. The predicted octanol–water partition coefficient (Wildman–Crippen LogP) is 6.88. The van der Waals surface area contributed by atoms with E-state index in [-0.39, 0.29) is 23.3 Å². The van der Waals surface area contributed by atoms with Gasteiger partial charge in [-0.05, 0) is 136 Å². The molecule has 1 aromatic heterocycles. The Morgan fingerprint density at radius 1 is 0.923 bits per heavy atom. The molecular weight excluding hydrogens is 676 g/mol. The highest BCUT2D eigenvalue weighted by molar-refractivity contribution is 6.30. The summed E-state index contributed by atoms with van der Waals surface area (Å²) in [6, 6.07) is 22.5. The fraction of sp³-hybridized carbons (Fsp3) is 0.476. The van der Waals surface area contributed by atoms with E-state index in [9.17, 15) is 19.8 Å². The van der Waals surface area contributed by atoms with Crippen LogP contribution in [0, 0.1) is 11.8 Å². The van der Waals surface area contributed by atoms with E-state index in [2.05, 4.69) is 32.2 Å². The minimum atomic E-state index is -0.761. The third kappa shape index (κ3) is 8.49. The van der Waals surface area contributed by atoms with Crippen molar-refractivity contribution in [1.29, 1.82) is 0 Å². The van der Waals surface area contributed by atoms with Crippen molar-refractivity contribution < 1.29 is 19.7 Å². The number of phenols is 1. The van der Waals surface area contributed by atoms with E-state index in [4.69, 9.17) is 16.3 Å². The number of ether oxygens (including phenoxy) is 1. The first-order valence-electron chi connectivity index (χ1n) is 19.1. The Kier molecular flexibility index (Phi) is 11.8. The molecule has 5 heterocycles. The van der Waals surface area contributed by atoms with Crippen molar-refractivity contribution in [3.05, 3.63) is 105 Å². The molecule has 4 atom stereocenters. The summed E-state index contributed by atoms with van der Waals surface area (Å²) in [7, 11) is 0. The summed E-state index contributed by atoms with van der Waals surface area (Å²) in [5, 5.41) is 25.5. The second kappa shape index (κ2) is 16.8. The minimum absolute atomic E-state index is 0.0157. The van der Waals surface area contributed by atoms with E-state index < -0.39 is 6.10 Å². The maximum atomic E-state index is 14.1. The Balaban J connectivity index is 0.844. The molecule has 0 radical (unpaired) electrons. The molecule has 4 aliphatic heterocycles. The third-order valence-corrected chi connectivity index (χ3v) is 11.9. The van der Waals surface area contributed by atoms with Crippen LogP contribution < -0.4 is 15.6 Å². The monoisotopic (exact) mass is 726 g/mol. The summed E-state index contributed by atoms with van der Waals surface area (Å²) < 4.78 is 6.04. The Morgan fingerprint density at radius 2 is 1.69 bits per heavy atom. The molecular formula is C42H51ClN4O5. The predicted molar refractivity (Wildman–Crippen MR) is 205 cm³/mol. The fourth-order valence-electron chi connectivity index (χ4n) is 8.79. The number of nitrogens with zero attached hydrogens (tertiary/aromatic N) is 2. The first-order valence-corrected chi connectivity index (χ1v) is 19.5. The number of likely N-dealkylation sites (tertiary alicyclic amines) is 1. The van der Waals surface area contributed by atoms with Crippen LogP contribution in [0.5, 0.6) is 11.5 Å². The molecule has 10 heteroatoms. The summed E-state index contributed by atoms with van der Waals surface area (Å²) in [6.45, 7) is 6.03. The number of piperidine rings is 4. The molecule has 4 aliphatic rings. The molecule has 276 valence electrons. The average molecular weight is 727 g/mol. The number of aromatic amines is 1. The van der Waals surface area contributed by atoms with Crippen molar-refractivity contribution in [2.75, 3.05) is 45.9 Å². The number of rotatable bonds is 14. The molecule has 4 fully saturated rings. The number of hydrogen-bond acceptors (Lipinski definition) is 7. The van der Waals surface area contributed by atoms with Crippen LogP contribution in [0.2, 0.25) is 5.02 Å². The first-order chi connectivity index (χ1) is 25.3. The Labute approximate surface area is 310 Å². The number of pyridine rings is 1. The van der Waals surface area contributed by atoms with E-state index in [1.165, 1.54) is 43.6 Å². The lowest BCUT2D eigenvalue weighted by Crippen LogP contribution is -2.58.